The lowest BCUT2D eigenvalue weighted by molar-refractivity contribution is 0.708. The van der Waals surface area contributed by atoms with Crippen LogP contribution in [0.1, 0.15) is 24.0 Å². The van der Waals surface area contributed by atoms with Gasteiger partial charge in [-0.05, 0) is 72.9 Å². The van der Waals surface area contributed by atoms with Crippen LogP contribution >= 0.6 is 22.6 Å². The molecule has 0 fully saturated rings. The SMILES string of the molecule is CCn1c(/C=C/c2c(C)n(C)c3ccccc23)nc2ccc(I)cc2c1=O. The van der Waals surface area contributed by atoms with Crippen LogP contribution in [0.3, 0.4) is 0 Å². The van der Waals surface area contributed by atoms with Crippen molar-refractivity contribution in [3.8, 4) is 0 Å². The van der Waals surface area contributed by atoms with Crippen molar-refractivity contribution in [2.45, 2.75) is 20.4 Å². The van der Waals surface area contributed by atoms with Crippen molar-refractivity contribution >= 4 is 56.5 Å². The third kappa shape index (κ3) is 3.00. The van der Waals surface area contributed by atoms with Crippen LogP contribution in [0.5, 0.6) is 0 Å². The number of halogens is 1. The van der Waals surface area contributed by atoms with Crippen LogP contribution in [0.4, 0.5) is 0 Å². The topological polar surface area (TPSA) is 39.8 Å². The van der Waals surface area contributed by atoms with Crippen molar-refractivity contribution in [2.24, 2.45) is 7.05 Å². The van der Waals surface area contributed by atoms with Crippen LogP contribution in [0.25, 0.3) is 34.0 Å². The molecule has 0 bridgehead atoms. The first-order valence-corrected chi connectivity index (χ1v) is 10.0. The maximum Gasteiger partial charge on any atom is 0.261 e. The molecule has 0 N–H and O–H groups in total. The smallest absolute Gasteiger partial charge is 0.261 e. The molecule has 2 aromatic heterocycles. The number of rotatable bonds is 3. The number of hydrogen-bond donors (Lipinski definition) is 0. The van der Waals surface area contributed by atoms with Gasteiger partial charge in [0, 0.05) is 39.3 Å². The Labute approximate surface area is 171 Å². The predicted molar refractivity (Wildman–Crippen MR) is 121 cm³/mol. The summed E-state index contributed by atoms with van der Waals surface area (Å²) in [7, 11) is 2.08. The van der Waals surface area contributed by atoms with Gasteiger partial charge in [0.1, 0.15) is 5.82 Å². The molecule has 4 rings (SSSR count). The van der Waals surface area contributed by atoms with Crippen molar-refractivity contribution in [2.75, 3.05) is 0 Å². The lowest BCUT2D eigenvalue weighted by Crippen LogP contribution is -2.23. The number of hydrogen-bond acceptors (Lipinski definition) is 2. The normalized spacial score (nSPS) is 11.9. The number of para-hydroxylation sites is 1. The second kappa shape index (κ2) is 6.96. The highest BCUT2D eigenvalue weighted by atomic mass is 127. The Hall–Kier alpha value is -2.41. The summed E-state index contributed by atoms with van der Waals surface area (Å²) < 4.78 is 4.96. The van der Waals surface area contributed by atoms with E-state index in [4.69, 9.17) is 4.98 Å². The first-order chi connectivity index (χ1) is 13.0. The lowest BCUT2D eigenvalue weighted by Gasteiger charge is -2.09. The molecule has 0 aliphatic heterocycles. The highest BCUT2D eigenvalue weighted by Crippen LogP contribution is 2.26. The Bertz CT molecular complexity index is 1260. The van der Waals surface area contributed by atoms with Gasteiger partial charge in [0.25, 0.3) is 5.56 Å². The summed E-state index contributed by atoms with van der Waals surface area (Å²) in [5, 5.41) is 1.87. The standard InChI is InChI=1S/C22H20IN3O/c1-4-26-21(24-19-11-9-15(23)13-18(19)22(26)27)12-10-16-14(2)25(3)20-8-6-5-7-17(16)20/h5-13H,4H2,1-3H3/b12-10+. The fraction of sp³-hybridized carbons (Fsp3) is 0.182. The summed E-state index contributed by atoms with van der Waals surface area (Å²) in [4.78, 5) is 17.7. The molecule has 0 radical (unpaired) electrons. The van der Waals surface area contributed by atoms with E-state index in [1.165, 1.54) is 16.6 Å². The van der Waals surface area contributed by atoms with E-state index in [0.717, 1.165) is 14.7 Å². The average molecular weight is 469 g/mol. The van der Waals surface area contributed by atoms with Gasteiger partial charge in [-0.1, -0.05) is 18.2 Å². The van der Waals surface area contributed by atoms with Gasteiger partial charge in [-0.3, -0.25) is 9.36 Å². The molecule has 4 aromatic rings. The van der Waals surface area contributed by atoms with Crippen molar-refractivity contribution in [1.82, 2.24) is 14.1 Å². The number of benzene rings is 2. The van der Waals surface area contributed by atoms with Crippen LogP contribution in [-0.4, -0.2) is 14.1 Å². The minimum atomic E-state index is 0.00954. The number of aromatic nitrogens is 3. The van der Waals surface area contributed by atoms with Crippen molar-refractivity contribution in [1.29, 1.82) is 0 Å². The van der Waals surface area contributed by atoms with E-state index < -0.39 is 0 Å². The molecule has 0 aliphatic carbocycles. The quantitative estimate of drug-likeness (QED) is 0.397. The average Bonchev–Trinajstić information content (AvgIpc) is 2.92. The summed E-state index contributed by atoms with van der Waals surface area (Å²) in [6.07, 6.45) is 4.03. The summed E-state index contributed by atoms with van der Waals surface area (Å²) in [5.41, 5.74) is 4.29. The van der Waals surface area contributed by atoms with E-state index >= 15 is 0 Å². The van der Waals surface area contributed by atoms with Gasteiger partial charge in [0.2, 0.25) is 0 Å². The Balaban J connectivity index is 1.91. The largest absolute Gasteiger partial charge is 0.347 e. The Morgan fingerprint density at radius 1 is 1.11 bits per heavy atom. The zero-order chi connectivity index (χ0) is 19.1. The van der Waals surface area contributed by atoms with E-state index in [1.807, 2.05) is 31.2 Å². The van der Waals surface area contributed by atoms with Gasteiger partial charge in [-0.15, -0.1) is 0 Å². The van der Waals surface area contributed by atoms with E-state index in [9.17, 15) is 4.79 Å². The highest BCUT2D eigenvalue weighted by Gasteiger charge is 2.11. The van der Waals surface area contributed by atoms with Gasteiger partial charge in [0.05, 0.1) is 10.9 Å². The van der Waals surface area contributed by atoms with Crippen LogP contribution in [0.2, 0.25) is 0 Å². The van der Waals surface area contributed by atoms with Crippen LogP contribution < -0.4 is 5.56 Å². The molecule has 27 heavy (non-hydrogen) atoms. The van der Waals surface area contributed by atoms with Crippen LogP contribution in [0.15, 0.2) is 47.3 Å². The van der Waals surface area contributed by atoms with E-state index in [-0.39, 0.29) is 5.56 Å². The first kappa shape index (κ1) is 18.0. The van der Waals surface area contributed by atoms with Crippen molar-refractivity contribution in [3.05, 3.63) is 73.5 Å². The summed E-state index contributed by atoms with van der Waals surface area (Å²) >= 11 is 2.22. The van der Waals surface area contributed by atoms with Gasteiger partial charge >= 0.3 is 0 Å². The molecular formula is C22H20IN3O. The number of fused-ring (bicyclic) bond motifs is 2. The summed E-state index contributed by atoms with van der Waals surface area (Å²) in [5.74, 6) is 0.684. The molecule has 0 saturated carbocycles. The van der Waals surface area contributed by atoms with Crippen LogP contribution in [-0.2, 0) is 13.6 Å². The van der Waals surface area contributed by atoms with E-state index in [2.05, 4.69) is 71.5 Å². The maximum absolute atomic E-state index is 12.9. The van der Waals surface area contributed by atoms with Gasteiger partial charge in [-0.2, -0.15) is 0 Å². The molecule has 5 heteroatoms. The molecule has 0 amide bonds. The molecular weight excluding hydrogens is 449 g/mol. The Kier molecular flexibility index (Phi) is 4.63. The number of nitrogens with zero attached hydrogens (tertiary/aromatic N) is 3. The zero-order valence-electron chi connectivity index (χ0n) is 15.5. The van der Waals surface area contributed by atoms with E-state index in [0.29, 0.717) is 17.8 Å². The van der Waals surface area contributed by atoms with Crippen molar-refractivity contribution < 1.29 is 0 Å². The number of aryl methyl sites for hydroxylation is 1. The molecule has 0 saturated heterocycles. The minimum Gasteiger partial charge on any atom is -0.347 e. The molecule has 0 aliphatic rings. The monoisotopic (exact) mass is 469 g/mol. The predicted octanol–water partition coefficient (Wildman–Crippen LogP) is 4.99. The van der Waals surface area contributed by atoms with Crippen LogP contribution in [0, 0.1) is 10.5 Å². The molecule has 0 spiro atoms. The van der Waals surface area contributed by atoms with Crippen molar-refractivity contribution in [3.63, 3.8) is 0 Å². The van der Waals surface area contributed by atoms with E-state index in [1.54, 1.807) is 4.57 Å². The first-order valence-electron chi connectivity index (χ1n) is 8.93. The van der Waals surface area contributed by atoms with Gasteiger partial charge < -0.3 is 4.57 Å². The maximum atomic E-state index is 12.9. The Morgan fingerprint density at radius 3 is 2.67 bits per heavy atom. The zero-order valence-corrected chi connectivity index (χ0v) is 17.7. The summed E-state index contributed by atoms with van der Waals surface area (Å²) in [6, 6.07) is 14.2. The van der Waals surface area contributed by atoms with Gasteiger partial charge in [-0.25, -0.2) is 4.98 Å². The summed E-state index contributed by atoms with van der Waals surface area (Å²) in [6.45, 7) is 4.67. The third-order valence-corrected chi connectivity index (χ3v) is 5.78. The molecule has 2 heterocycles. The second-order valence-corrected chi connectivity index (χ2v) is 7.84. The fourth-order valence-corrected chi connectivity index (χ4v) is 4.05. The molecule has 4 nitrogen and oxygen atoms in total. The fourth-order valence-electron chi connectivity index (χ4n) is 3.56. The minimum absolute atomic E-state index is 0.00954. The van der Waals surface area contributed by atoms with Gasteiger partial charge in [0.15, 0.2) is 0 Å². The molecule has 0 unspecified atom stereocenters. The molecule has 2 aromatic carbocycles. The lowest BCUT2D eigenvalue weighted by atomic mass is 10.1. The third-order valence-electron chi connectivity index (χ3n) is 5.11. The second-order valence-electron chi connectivity index (χ2n) is 6.59. The highest BCUT2D eigenvalue weighted by molar-refractivity contribution is 14.1. The Morgan fingerprint density at radius 2 is 1.89 bits per heavy atom. The molecule has 136 valence electrons. The molecule has 0 atom stereocenters.